The minimum absolute atomic E-state index is 0.0542. The zero-order chi connectivity index (χ0) is 16.9. The molecule has 0 spiro atoms. The average Bonchev–Trinajstić information content (AvgIpc) is 2.53. The number of nitrogens with two attached hydrogens (primary N) is 1. The molecule has 1 aliphatic heterocycles. The Morgan fingerprint density at radius 2 is 1.86 bits per heavy atom. The maximum Gasteiger partial charge on any atom is 0.187 e. The lowest BCUT2D eigenvalue weighted by atomic mass is 9.99. The third-order valence-corrected chi connectivity index (χ3v) is 3.20. The van der Waals surface area contributed by atoms with E-state index in [1.54, 1.807) is 0 Å². The fourth-order valence-corrected chi connectivity index (χ4v) is 1.90. The Bertz CT molecular complexity index is 381. The van der Waals surface area contributed by atoms with E-state index < -0.39 is 55.6 Å². The highest BCUT2D eigenvalue weighted by Gasteiger charge is 2.45. The zero-order valence-corrected chi connectivity index (χ0v) is 11.4. The molecule has 128 valence electrons. The molecule has 8 atom stereocenters. The number of carbonyl (C=O) groups is 1. The van der Waals surface area contributed by atoms with Crippen LogP contribution in [0.5, 0.6) is 0 Å². The van der Waals surface area contributed by atoms with Gasteiger partial charge in [-0.1, -0.05) is 0 Å². The third kappa shape index (κ3) is 4.18. The molecule has 1 rings (SSSR count). The van der Waals surface area contributed by atoms with Gasteiger partial charge in [0.2, 0.25) is 0 Å². The molecule has 0 bridgehead atoms. The van der Waals surface area contributed by atoms with Crippen molar-refractivity contribution in [3.63, 3.8) is 0 Å². The number of aldehydes is 1. The van der Waals surface area contributed by atoms with Crippen LogP contribution in [0.4, 0.5) is 0 Å². The van der Waals surface area contributed by atoms with E-state index in [2.05, 4.69) is 5.10 Å². The Morgan fingerprint density at radius 3 is 2.36 bits per heavy atom. The lowest BCUT2D eigenvalue weighted by Crippen LogP contribution is -2.60. The molecule has 1 heterocycles. The molecule has 1 saturated heterocycles. The van der Waals surface area contributed by atoms with E-state index in [0.29, 0.717) is 0 Å². The molecule has 0 aromatic carbocycles. The molecule has 11 heteroatoms. The Balaban J connectivity index is 2.85. The average molecular weight is 324 g/mol. The maximum atomic E-state index is 10.5. The van der Waals surface area contributed by atoms with Crippen molar-refractivity contribution in [2.45, 2.75) is 49.0 Å². The van der Waals surface area contributed by atoms with Gasteiger partial charge >= 0.3 is 0 Å². The van der Waals surface area contributed by atoms with Crippen molar-refractivity contribution in [3.8, 4) is 0 Å². The van der Waals surface area contributed by atoms with E-state index in [-0.39, 0.29) is 6.29 Å². The summed E-state index contributed by atoms with van der Waals surface area (Å²) in [5.41, 5.74) is 0. The topological polar surface area (TPSA) is 195 Å². The molecule has 8 N–H and O–H groups in total. The summed E-state index contributed by atoms with van der Waals surface area (Å²) in [5.74, 6) is 4.93. The quantitative estimate of drug-likeness (QED) is 0.103. The monoisotopic (exact) mass is 324 g/mol. The number of hydrogen-bond acceptors (Lipinski definition) is 11. The van der Waals surface area contributed by atoms with Crippen LogP contribution in [0, 0.1) is 0 Å². The normalized spacial score (nSPS) is 36.9. The molecule has 11 nitrogen and oxygen atoms in total. The van der Waals surface area contributed by atoms with Crippen molar-refractivity contribution >= 4 is 12.5 Å². The Kier molecular flexibility index (Phi) is 7.25. The van der Waals surface area contributed by atoms with E-state index >= 15 is 0 Å². The van der Waals surface area contributed by atoms with Crippen LogP contribution in [0.25, 0.3) is 0 Å². The van der Waals surface area contributed by atoms with E-state index in [9.17, 15) is 30.3 Å². The van der Waals surface area contributed by atoms with Gasteiger partial charge in [-0.15, -0.1) is 0 Å². The van der Waals surface area contributed by atoms with Gasteiger partial charge in [0, 0.05) is 0 Å². The first-order valence-corrected chi connectivity index (χ1v) is 6.38. The first-order chi connectivity index (χ1) is 10.4. The minimum atomic E-state index is -1.81. The third-order valence-electron chi connectivity index (χ3n) is 3.20. The van der Waals surface area contributed by atoms with Gasteiger partial charge in [-0.05, 0) is 0 Å². The molecule has 0 amide bonds. The first kappa shape index (κ1) is 18.9. The summed E-state index contributed by atoms with van der Waals surface area (Å²) in [6.45, 7) is -0.667. The minimum Gasteiger partial charge on any atom is -0.394 e. The predicted octanol–water partition coefficient (Wildman–Crippen LogP) is -4.96. The molecule has 0 aromatic heterocycles. The molecule has 0 aliphatic carbocycles. The molecule has 22 heavy (non-hydrogen) atoms. The molecular weight excluding hydrogens is 304 g/mol. The number of aliphatic hydroxyl groups is 6. The summed E-state index contributed by atoms with van der Waals surface area (Å²) in [6.07, 6.45) is -11.9. The Labute approximate surface area is 125 Å². The zero-order valence-electron chi connectivity index (χ0n) is 11.4. The van der Waals surface area contributed by atoms with E-state index in [4.69, 9.17) is 20.4 Å². The lowest BCUT2D eigenvalue weighted by molar-refractivity contribution is -0.311. The smallest absolute Gasteiger partial charge is 0.187 e. The van der Waals surface area contributed by atoms with Crippen molar-refractivity contribution < 1.29 is 44.9 Å². The van der Waals surface area contributed by atoms with Crippen LogP contribution in [-0.4, -0.2) is 98.8 Å². The van der Waals surface area contributed by atoms with Gasteiger partial charge in [0.05, 0.1) is 12.8 Å². The lowest BCUT2D eigenvalue weighted by Gasteiger charge is -2.40. The van der Waals surface area contributed by atoms with Crippen molar-refractivity contribution in [2.24, 2.45) is 10.9 Å². The molecule has 0 saturated carbocycles. The number of hydrazone groups is 1. The van der Waals surface area contributed by atoms with E-state index in [0.717, 1.165) is 6.21 Å². The largest absolute Gasteiger partial charge is 0.394 e. The summed E-state index contributed by atoms with van der Waals surface area (Å²) in [7, 11) is 0. The second-order valence-corrected chi connectivity index (χ2v) is 4.71. The van der Waals surface area contributed by atoms with Gasteiger partial charge in [0.25, 0.3) is 0 Å². The second kappa shape index (κ2) is 8.45. The summed E-state index contributed by atoms with van der Waals surface area (Å²) in [6, 6.07) is 0. The number of ether oxygens (including phenoxy) is 2. The number of aliphatic hydroxyl groups excluding tert-OH is 6. The van der Waals surface area contributed by atoms with Crippen LogP contribution < -0.4 is 5.84 Å². The molecule has 1 aliphatic rings. The standard InChI is InChI=1S/C11H20N2O9/c12-13-1-5(7(17)4(16)2-14)21-11-10(20)9(19)8(18)6(3-15)22-11/h1-2,4-11,15-20H,3,12H2/b13-1+/t4-,5+,6-,7+,8+,9-,10+,11+/m1/s1. The summed E-state index contributed by atoms with van der Waals surface area (Å²) in [5, 5.41) is 60.1. The van der Waals surface area contributed by atoms with Gasteiger partial charge in [-0.25, -0.2) is 0 Å². The number of hydrogen-bond donors (Lipinski definition) is 7. The van der Waals surface area contributed by atoms with Crippen molar-refractivity contribution in [3.05, 3.63) is 0 Å². The highest BCUT2D eigenvalue weighted by atomic mass is 16.7. The molecular formula is C11H20N2O9. The SMILES string of the molecule is N/N=C/[C@H](O[C@H]1O[C@H](CO)[C@H](O)[C@@H](O)[C@@H]1O)[C@@H](O)[C@H](O)C=O. The van der Waals surface area contributed by atoms with E-state index in [1.165, 1.54) is 0 Å². The van der Waals surface area contributed by atoms with E-state index in [1.807, 2.05) is 0 Å². The van der Waals surface area contributed by atoms with Gasteiger partial charge < -0.3 is 50.8 Å². The van der Waals surface area contributed by atoms with Gasteiger partial charge in [-0.3, -0.25) is 0 Å². The summed E-state index contributed by atoms with van der Waals surface area (Å²) < 4.78 is 10.2. The summed E-state index contributed by atoms with van der Waals surface area (Å²) >= 11 is 0. The number of rotatable bonds is 7. The van der Waals surface area contributed by atoms with Crippen molar-refractivity contribution in [1.82, 2.24) is 0 Å². The first-order valence-electron chi connectivity index (χ1n) is 6.38. The maximum absolute atomic E-state index is 10.5. The van der Waals surface area contributed by atoms with Crippen LogP contribution in [0.1, 0.15) is 0 Å². The Hall–Kier alpha value is -1.18. The number of carbonyl (C=O) groups excluding carboxylic acids is 1. The fourth-order valence-electron chi connectivity index (χ4n) is 1.90. The van der Waals surface area contributed by atoms with Gasteiger partial charge in [0.15, 0.2) is 12.6 Å². The highest BCUT2D eigenvalue weighted by Crippen LogP contribution is 2.23. The van der Waals surface area contributed by atoms with Crippen LogP contribution >= 0.6 is 0 Å². The van der Waals surface area contributed by atoms with Crippen LogP contribution in [-0.2, 0) is 14.3 Å². The number of nitrogens with zero attached hydrogens (tertiary/aromatic N) is 1. The molecule has 0 radical (unpaired) electrons. The summed E-state index contributed by atoms with van der Waals surface area (Å²) in [4.78, 5) is 10.5. The van der Waals surface area contributed by atoms with Crippen molar-refractivity contribution in [2.75, 3.05) is 6.61 Å². The van der Waals surface area contributed by atoms with Gasteiger partial charge in [0.1, 0.15) is 42.7 Å². The molecule has 0 aromatic rings. The predicted molar refractivity (Wildman–Crippen MR) is 69.4 cm³/mol. The molecule has 1 fully saturated rings. The van der Waals surface area contributed by atoms with Crippen LogP contribution in [0.3, 0.4) is 0 Å². The highest BCUT2D eigenvalue weighted by molar-refractivity contribution is 5.66. The van der Waals surface area contributed by atoms with Gasteiger partial charge in [-0.2, -0.15) is 5.10 Å². The van der Waals surface area contributed by atoms with Crippen molar-refractivity contribution in [1.29, 1.82) is 0 Å². The van der Waals surface area contributed by atoms with Crippen LogP contribution in [0.15, 0.2) is 5.10 Å². The van der Waals surface area contributed by atoms with Crippen LogP contribution in [0.2, 0.25) is 0 Å². The fraction of sp³-hybridized carbons (Fsp3) is 0.818. The second-order valence-electron chi connectivity index (χ2n) is 4.71. The molecule has 0 unspecified atom stereocenters. The Morgan fingerprint density at radius 1 is 1.23 bits per heavy atom.